The van der Waals surface area contributed by atoms with Crippen molar-refractivity contribution in [1.29, 1.82) is 0 Å². The predicted molar refractivity (Wildman–Crippen MR) is 55.7 cm³/mol. The summed E-state index contributed by atoms with van der Waals surface area (Å²) in [6.07, 6.45) is 1.44. The van der Waals surface area contributed by atoms with E-state index in [1.165, 1.54) is 0 Å². The molecule has 0 heterocycles. The fourth-order valence-electron chi connectivity index (χ4n) is 2.09. The molecule has 0 aromatic heterocycles. The van der Waals surface area contributed by atoms with Gasteiger partial charge in [-0.05, 0) is 24.8 Å². The van der Waals surface area contributed by atoms with Gasteiger partial charge in [-0.1, -0.05) is 0 Å². The highest BCUT2D eigenvalue weighted by molar-refractivity contribution is 5.68. The minimum atomic E-state index is -1.05. The maximum Gasteiger partial charge on any atom is 0.303 e. The van der Waals surface area contributed by atoms with Crippen molar-refractivity contribution in [2.45, 2.75) is 25.2 Å². The first kappa shape index (κ1) is 11.8. The fraction of sp³-hybridized carbons (Fsp3) is 0.417. The number of carboxylic acid groups (broad SMARTS) is 1. The molecule has 1 aliphatic rings. The summed E-state index contributed by atoms with van der Waals surface area (Å²) in [6, 6.07) is 1.61. The molecule has 0 amide bonds. The van der Waals surface area contributed by atoms with Gasteiger partial charge in [0.25, 0.3) is 0 Å². The van der Waals surface area contributed by atoms with Gasteiger partial charge in [-0.25, -0.2) is 8.78 Å². The van der Waals surface area contributed by atoms with Crippen molar-refractivity contribution < 1.29 is 23.8 Å². The summed E-state index contributed by atoms with van der Waals surface area (Å²) in [5.41, 5.74) is 0.0624. The first-order chi connectivity index (χ1) is 7.99. The van der Waals surface area contributed by atoms with Crippen molar-refractivity contribution in [3.63, 3.8) is 0 Å². The zero-order valence-electron chi connectivity index (χ0n) is 8.99. The van der Waals surface area contributed by atoms with Gasteiger partial charge in [0.05, 0.1) is 6.42 Å². The van der Waals surface area contributed by atoms with Crippen molar-refractivity contribution in [3.05, 3.63) is 29.3 Å². The van der Waals surface area contributed by atoms with E-state index >= 15 is 0 Å². The van der Waals surface area contributed by atoms with Crippen molar-refractivity contribution in [1.82, 2.24) is 0 Å². The van der Waals surface area contributed by atoms with E-state index in [1.54, 1.807) is 0 Å². The lowest BCUT2D eigenvalue weighted by molar-refractivity contribution is -0.137. The summed E-state index contributed by atoms with van der Waals surface area (Å²) in [5, 5.41) is 18.3. The molecule has 1 unspecified atom stereocenters. The third-order valence-electron chi connectivity index (χ3n) is 3.04. The largest absolute Gasteiger partial charge is 0.505 e. The Hall–Kier alpha value is -1.65. The Bertz CT molecular complexity index is 455. The van der Waals surface area contributed by atoms with Crippen LogP contribution in [0.4, 0.5) is 8.78 Å². The van der Waals surface area contributed by atoms with Crippen molar-refractivity contribution in [2.75, 3.05) is 0 Å². The summed E-state index contributed by atoms with van der Waals surface area (Å²) < 4.78 is 26.3. The first-order valence-electron chi connectivity index (χ1n) is 5.38. The van der Waals surface area contributed by atoms with Crippen LogP contribution in [0.3, 0.4) is 0 Å². The second-order valence-corrected chi connectivity index (χ2v) is 4.37. The van der Waals surface area contributed by atoms with Crippen LogP contribution in [0.15, 0.2) is 12.1 Å². The van der Waals surface area contributed by atoms with E-state index < -0.39 is 29.3 Å². The summed E-state index contributed by atoms with van der Waals surface area (Å²) in [6.45, 7) is 0. The van der Waals surface area contributed by atoms with Crippen LogP contribution >= 0.6 is 0 Å². The number of phenolic OH excluding ortho intramolecular Hbond substituents is 1. The van der Waals surface area contributed by atoms with Gasteiger partial charge in [-0.3, -0.25) is 4.79 Å². The van der Waals surface area contributed by atoms with Gasteiger partial charge in [0, 0.05) is 17.5 Å². The molecule has 2 N–H and O–H groups in total. The molecule has 3 nitrogen and oxygen atoms in total. The molecule has 17 heavy (non-hydrogen) atoms. The zero-order valence-corrected chi connectivity index (χ0v) is 8.99. The normalized spacial score (nSPS) is 16.8. The monoisotopic (exact) mass is 242 g/mol. The molecule has 2 rings (SSSR count). The van der Waals surface area contributed by atoms with E-state index in [9.17, 15) is 18.7 Å². The maximum absolute atomic E-state index is 13.2. The Morgan fingerprint density at radius 3 is 2.59 bits per heavy atom. The van der Waals surface area contributed by atoms with Gasteiger partial charge in [0.15, 0.2) is 11.6 Å². The topological polar surface area (TPSA) is 57.5 Å². The van der Waals surface area contributed by atoms with Crippen molar-refractivity contribution in [3.8, 4) is 5.75 Å². The number of aliphatic carboxylic acids is 1. The van der Waals surface area contributed by atoms with Crippen LogP contribution < -0.4 is 0 Å². The summed E-state index contributed by atoms with van der Waals surface area (Å²) in [7, 11) is 0. The van der Waals surface area contributed by atoms with E-state index in [2.05, 4.69) is 0 Å². The van der Waals surface area contributed by atoms with Crippen LogP contribution in [0.25, 0.3) is 0 Å². The van der Waals surface area contributed by atoms with E-state index in [0.717, 1.165) is 18.9 Å². The van der Waals surface area contributed by atoms with E-state index in [-0.39, 0.29) is 17.9 Å². The Balaban J connectivity index is 2.38. The molecule has 1 aliphatic carbocycles. The number of carboxylic acids is 1. The quantitative estimate of drug-likeness (QED) is 0.853. The summed E-state index contributed by atoms with van der Waals surface area (Å²) in [5.74, 6) is -3.94. The highest BCUT2D eigenvalue weighted by Crippen LogP contribution is 2.47. The standard InChI is InChI=1S/C12H12F2O3/c13-7-3-9(12(17)10(14)4-7)8(5-11(15)16)6-1-2-6/h3-4,6,8,17H,1-2,5H2,(H,15,16). The molecule has 5 heteroatoms. The van der Waals surface area contributed by atoms with Crippen LogP contribution in [0.2, 0.25) is 0 Å². The van der Waals surface area contributed by atoms with Crippen LogP contribution in [-0.2, 0) is 4.79 Å². The number of hydrogen-bond acceptors (Lipinski definition) is 2. The second-order valence-electron chi connectivity index (χ2n) is 4.37. The van der Waals surface area contributed by atoms with Gasteiger partial charge in [-0.15, -0.1) is 0 Å². The number of rotatable bonds is 4. The Labute approximate surface area is 96.7 Å². The van der Waals surface area contributed by atoms with E-state index in [1.807, 2.05) is 0 Å². The van der Waals surface area contributed by atoms with Gasteiger partial charge in [0.1, 0.15) is 5.82 Å². The van der Waals surface area contributed by atoms with Gasteiger partial charge in [0.2, 0.25) is 0 Å². The Kier molecular flexibility index (Phi) is 3.00. The fourth-order valence-corrected chi connectivity index (χ4v) is 2.09. The minimum Gasteiger partial charge on any atom is -0.505 e. The molecule has 1 fully saturated rings. The molecule has 1 saturated carbocycles. The van der Waals surface area contributed by atoms with E-state index in [4.69, 9.17) is 5.11 Å². The highest BCUT2D eigenvalue weighted by Gasteiger charge is 2.36. The molecular formula is C12H12F2O3. The lowest BCUT2D eigenvalue weighted by Gasteiger charge is -2.16. The van der Waals surface area contributed by atoms with Crippen LogP contribution in [-0.4, -0.2) is 16.2 Å². The Morgan fingerprint density at radius 2 is 2.06 bits per heavy atom. The molecule has 0 bridgehead atoms. The van der Waals surface area contributed by atoms with Crippen LogP contribution in [0.1, 0.15) is 30.7 Å². The van der Waals surface area contributed by atoms with Gasteiger partial charge >= 0.3 is 5.97 Å². The van der Waals surface area contributed by atoms with Crippen LogP contribution in [0.5, 0.6) is 5.75 Å². The zero-order chi connectivity index (χ0) is 12.6. The smallest absolute Gasteiger partial charge is 0.303 e. The maximum atomic E-state index is 13.2. The average Bonchev–Trinajstić information content (AvgIpc) is 3.03. The molecule has 1 aromatic rings. The second kappa shape index (κ2) is 4.31. The number of carbonyl (C=O) groups is 1. The Morgan fingerprint density at radius 1 is 1.41 bits per heavy atom. The number of halogens is 2. The number of hydrogen-bond donors (Lipinski definition) is 2. The van der Waals surface area contributed by atoms with Crippen molar-refractivity contribution >= 4 is 5.97 Å². The first-order valence-corrected chi connectivity index (χ1v) is 5.38. The molecule has 0 radical (unpaired) electrons. The molecule has 0 aliphatic heterocycles. The molecule has 92 valence electrons. The molecular weight excluding hydrogens is 230 g/mol. The molecule has 0 saturated heterocycles. The lowest BCUT2D eigenvalue weighted by Crippen LogP contribution is -2.09. The third kappa shape index (κ3) is 2.54. The van der Waals surface area contributed by atoms with Crippen LogP contribution in [0, 0.1) is 17.6 Å². The number of aromatic hydroxyl groups is 1. The minimum absolute atomic E-state index is 0.0624. The average molecular weight is 242 g/mol. The van der Waals surface area contributed by atoms with Crippen molar-refractivity contribution in [2.24, 2.45) is 5.92 Å². The highest BCUT2D eigenvalue weighted by atomic mass is 19.1. The predicted octanol–water partition coefficient (Wildman–Crippen LogP) is 2.64. The van der Waals surface area contributed by atoms with E-state index in [0.29, 0.717) is 6.07 Å². The summed E-state index contributed by atoms with van der Waals surface area (Å²) >= 11 is 0. The number of phenols is 1. The molecule has 0 spiro atoms. The molecule has 1 atom stereocenters. The van der Waals surface area contributed by atoms with Gasteiger partial charge < -0.3 is 10.2 Å². The van der Waals surface area contributed by atoms with Gasteiger partial charge in [-0.2, -0.15) is 0 Å². The SMILES string of the molecule is O=C(O)CC(c1cc(F)cc(F)c1O)C1CC1. The third-order valence-corrected chi connectivity index (χ3v) is 3.04. The lowest BCUT2D eigenvalue weighted by atomic mass is 9.90. The molecule has 1 aromatic carbocycles. The number of benzene rings is 1. The summed E-state index contributed by atoms with van der Waals surface area (Å²) in [4.78, 5) is 10.7.